The van der Waals surface area contributed by atoms with E-state index in [1.165, 1.54) is 12.1 Å². The highest BCUT2D eigenvalue weighted by Crippen LogP contribution is 2.30. The van der Waals surface area contributed by atoms with Crippen molar-refractivity contribution >= 4 is 50.5 Å². The summed E-state index contributed by atoms with van der Waals surface area (Å²) in [6.45, 7) is 1.66. The standard InChI is InChI=1S/C20H16Cl2N2O3S/c1-13-15(20(25)23-18-12-6-10-16(21)19(18)22)9-5-11-17(13)24-28(26,27)14-7-3-2-4-8-14/h2-12,24H,1H3,(H,23,25). The molecule has 0 bridgehead atoms. The summed E-state index contributed by atoms with van der Waals surface area (Å²) in [4.78, 5) is 12.8. The van der Waals surface area contributed by atoms with Gasteiger partial charge in [-0.05, 0) is 48.9 Å². The lowest BCUT2D eigenvalue weighted by Crippen LogP contribution is -2.17. The maximum absolute atomic E-state index is 12.7. The average molecular weight is 435 g/mol. The molecule has 0 fully saturated rings. The molecular weight excluding hydrogens is 419 g/mol. The molecular formula is C20H16Cl2N2O3S. The van der Waals surface area contributed by atoms with Gasteiger partial charge in [-0.15, -0.1) is 0 Å². The van der Waals surface area contributed by atoms with E-state index in [2.05, 4.69) is 10.0 Å². The zero-order chi connectivity index (χ0) is 20.3. The quantitative estimate of drug-likeness (QED) is 0.567. The van der Waals surface area contributed by atoms with Crippen LogP contribution in [0.1, 0.15) is 15.9 Å². The Bertz CT molecular complexity index is 1130. The van der Waals surface area contributed by atoms with Crippen LogP contribution in [0.25, 0.3) is 0 Å². The van der Waals surface area contributed by atoms with E-state index in [0.717, 1.165) is 0 Å². The topological polar surface area (TPSA) is 75.3 Å². The monoisotopic (exact) mass is 434 g/mol. The van der Waals surface area contributed by atoms with E-state index in [0.29, 0.717) is 27.5 Å². The second-order valence-electron chi connectivity index (χ2n) is 5.95. The third-order valence-electron chi connectivity index (χ3n) is 4.08. The molecule has 144 valence electrons. The highest BCUT2D eigenvalue weighted by Gasteiger charge is 2.18. The molecule has 0 spiro atoms. The molecule has 2 N–H and O–H groups in total. The highest BCUT2D eigenvalue weighted by atomic mass is 35.5. The van der Waals surface area contributed by atoms with Gasteiger partial charge in [-0.3, -0.25) is 9.52 Å². The summed E-state index contributed by atoms with van der Waals surface area (Å²) in [6.07, 6.45) is 0. The molecule has 0 aromatic heterocycles. The summed E-state index contributed by atoms with van der Waals surface area (Å²) in [7, 11) is -3.77. The summed E-state index contributed by atoms with van der Waals surface area (Å²) in [6, 6.07) is 17.7. The Hall–Kier alpha value is -2.54. The summed E-state index contributed by atoms with van der Waals surface area (Å²) >= 11 is 12.1. The van der Waals surface area contributed by atoms with Crippen molar-refractivity contribution in [2.24, 2.45) is 0 Å². The van der Waals surface area contributed by atoms with Gasteiger partial charge in [0.05, 0.1) is 26.3 Å². The van der Waals surface area contributed by atoms with Gasteiger partial charge in [0.15, 0.2) is 0 Å². The van der Waals surface area contributed by atoms with E-state index in [1.54, 1.807) is 61.5 Å². The van der Waals surface area contributed by atoms with Crippen molar-refractivity contribution in [3.8, 4) is 0 Å². The van der Waals surface area contributed by atoms with Crippen molar-refractivity contribution in [1.29, 1.82) is 0 Å². The van der Waals surface area contributed by atoms with Gasteiger partial charge in [-0.2, -0.15) is 0 Å². The Morgan fingerprint density at radius 1 is 0.857 bits per heavy atom. The van der Waals surface area contributed by atoms with Gasteiger partial charge in [0.25, 0.3) is 15.9 Å². The molecule has 1 amide bonds. The zero-order valence-corrected chi connectivity index (χ0v) is 17.1. The Morgan fingerprint density at radius 2 is 1.50 bits per heavy atom. The summed E-state index contributed by atoms with van der Waals surface area (Å²) < 4.78 is 27.7. The molecule has 3 aromatic carbocycles. The van der Waals surface area contributed by atoms with Gasteiger partial charge in [0, 0.05) is 5.56 Å². The van der Waals surface area contributed by atoms with E-state index < -0.39 is 15.9 Å². The van der Waals surface area contributed by atoms with Crippen molar-refractivity contribution in [3.05, 3.63) is 87.9 Å². The van der Waals surface area contributed by atoms with E-state index in [-0.39, 0.29) is 9.92 Å². The van der Waals surface area contributed by atoms with Gasteiger partial charge in [-0.25, -0.2) is 8.42 Å². The van der Waals surface area contributed by atoms with Crippen LogP contribution < -0.4 is 10.0 Å². The largest absolute Gasteiger partial charge is 0.321 e. The first kappa shape index (κ1) is 20.2. The number of rotatable bonds is 5. The number of anilines is 2. The third kappa shape index (κ3) is 4.30. The number of benzene rings is 3. The molecule has 0 radical (unpaired) electrons. The van der Waals surface area contributed by atoms with Crippen molar-refractivity contribution in [2.75, 3.05) is 10.0 Å². The fourth-order valence-corrected chi connectivity index (χ4v) is 4.08. The van der Waals surface area contributed by atoms with Crippen molar-refractivity contribution in [3.63, 3.8) is 0 Å². The van der Waals surface area contributed by atoms with Crippen molar-refractivity contribution in [1.82, 2.24) is 0 Å². The van der Waals surface area contributed by atoms with Crippen LogP contribution in [0, 0.1) is 6.92 Å². The Balaban J connectivity index is 1.89. The molecule has 0 aliphatic heterocycles. The number of carbonyl (C=O) groups excluding carboxylic acids is 1. The maximum Gasteiger partial charge on any atom is 0.261 e. The second-order valence-corrected chi connectivity index (χ2v) is 8.42. The molecule has 0 aliphatic carbocycles. The first-order chi connectivity index (χ1) is 13.3. The minimum absolute atomic E-state index is 0.134. The number of sulfonamides is 1. The normalized spacial score (nSPS) is 11.1. The smallest absolute Gasteiger partial charge is 0.261 e. The Labute approximate surface area is 173 Å². The predicted octanol–water partition coefficient (Wildman–Crippen LogP) is 5.35. The first-order valence-corrected chi connectivity index (χ1v) is 10.5. The van der Waals surface area contributed by atoms with Crippen LogP contribution >= 0.6 is 23.2 Å². The molecule has 5 nitrogen and oxygen atoms in total. The van der Waals surface area contributed by atoms with E-state index in [4.69, 9.17) is 23.2 Å². The Kier molecular flexibility index (Phi) is 5.93. The molecule has 0 aliphatic rings. The van der Waals surface area contributed by atoms with Crippen LogP contribution in [0.4, 0.5) is 11.4 Å². The van der Waals surface area contributed by atoms with Gasteiger partial charge >= 0.3 is 0 Å². The summed E-state index contributed by atoms with van der Waals surface area (Å²) in [5.74, 6) is -0.428. The van der Waals surface area contributed by atoms with Gasteiger partial charge < -0.3 is 5.32 Å². The molecule has 3 rings (SSSR count). The van der Waals surface area contributed by atoms with Crippen molar-refractivity contribution in [2.45, 2.75) is 11.8 Å². The highest BCUT2D eigenvalue weighted by molar-refractivity contribution is 7.92. The number of nitrogens with one attached hydrogen (secondary N) is 2. The van der Waals surface area contributed by atoms with E-state index >= 15 is 0 Å². The lowest BCUT2D eigenvalue weighted by Gasteiger charge is -2.14. The number of carbonyl (C=O) groups is 1. The lowest BCUT2D eigenvalue weighted by molar-refractivity contribution is 0.102. The minimum Gasteiger partial charge on any atom is -0.321 e. The number of hydrogen-bond donors (Lipinski definition) is 2. The molecule has 0 saturated carbocycles. The van der Waals surface area contributed by atoms with Crippen molar-refractivity contribution < 1.29 is 13.2 Å². The Morgan fingerprint density at radius 3 is 2.21 bits per heavy atom. The molecule has 0 atom stereocenters. The van der Waals surface area contributed by atoms with Crippen LogP contribution in [0.3, 0.4) is 0 Å². The van der Waals surface area contributed by atoms with Gasteiger partial charge in [0.1, 0.15) is 0 Å². The molecule has 0 heterocycles. The van der Waals surface area contributed by atoms with Crippen LogP contribution in [-0.2, 0) is 10.0 Å². The van der Waals surface area contributed by atoms with Crippen LogP contribution in [0.2, 0.25) is 10.0 Å². The van der Waals surface area contributed by atoms with Crippen LogP contribution in [0.15, 0.2) is 71.6 Å². The van der Waals surface area contributed by atoms with Gasteiger partial charge in [0.2, 0.25) is 0 Å². The van der Waals surface area contributed by atoms with Crippen LogP contribution in [0.5, 0.6) is 0 Å². The number of amides is 1. The fraction of sp³-hybridized carbons (Fsp3) is 0.0500. The van der Waals surface area contributed by atoms with Crippen LogP contribution in [-0.4, -0.2) is 14.3 Å². The second kappa shape index (κ2) is 8.22. The summed E-state index contributed by atoms with van der Waals surface area (Å²) in [5, 5.41) is 3.25. The minimum atomic E-state index is -3.77. The molecule has 8 heteroatoms. The third-order valence-corrected chi connectivity index (χ3v) is 6.28. The molecule has 0 unspecified atom stereocenters. The zero-order valence-electron chi connectivity index (χ0n) is 14.7. The van der Waals surface area contributed by atoms with E-state index in [9.17, 15) is 13.2 Å². The molecule has 0 saturated heterocycles. The lowest BCUT2D eigenvalue weighted by atomic mass is 10.1. The van der Waals surface area contributed by atoms with Gasteiger partial charge in [-0.1, -0.05) is 53.5 Å². The van der Waals surface area contributed by atoms with E-state index in [1.807, 2.05) is 0 Å². The maximum atomic E-state index is 12.7. The average Bonchev–Trinajstić information content (AvgIpc) is 2.67. The number of halogens is 2. The predicted molar refractivity (Wildman–Crippen MR) is 113 cm³/mol. The SMILES string of the molecule is Cc1c(NS(=O)(=O)c2ccccc2)cccc1C(=O)Nc1cccc(Cl)c1Cl. The molecule has 3 aromatic rings. The summed E-state index contributed by atoms with van der Waals surface area (Å²) in [5.41, 5.74) is 1.48. The number of hydrogen-bond acceptors (Lipinski definition) is 3. The molecule has 28 heavy (non-hydrogen) atoms. The fourth-order valence-electron chi connectivity index (χ4n) is 2.59. The first-order valence-electron chi connectivity index (χ1n) is 8.22.